The van der Waals surface area contributed by atoms with Gasteiger partial charge in [0.15, 0.2) is 0 Å². The van der Waals surface area contributed by atoms with Gasteiger partial charge in [-0.1, -0.05) is 22.9 Å². The lowest BCUT2D eigenvalue weighted by Gasteiger charge is -2.07. The molecule has 4 nitrogen and oxygen atoms in total. The van der Waals surface area contributed by atoms with Crippen molar-refractivity contribution in [1.29, 1.82) is 0 Å². The monoisotopic (exact) mass is 337 g/mol. The van der Waals surface area contributed by atoms with Gasteiger partial charge >= 0.3 is 0 Å². The average molecular weight is 338 g/mol. The molecule has 1 unspecified atom stereocenters. The number of hydrogen-bond donors (Lipinski definition) is 1. The van der Waals surface area contributed by atoms with E-state index in [4.69, 9.17) is 10.5 Å². The lowest BCUT2D eigenvalue weighted by molar-refractivity contribution is 0.298. The molecular weight excluding hydrogens is 318 g/mol. The number of imidazole rings is 1. The van der Waals surface area contributed by atoms with Gasteiger partial charge in [-0.3, -0.25) is 0 Å². The van der Waals surface area contributed by atoms with E-state index in [9.17, 15) is 0 Å². The zero-order valence-electron chi connectivity index (χ0n) is 11.6. The van der Waals surface area contributed by atoms with Crippen molar-refractivity contribution in [2.75, 3.05) is 6.61 Å². The molecule has 0 aliphatic heterocycles. The first-order valence-electron chi connectivity index (χ1n) is 6.82. The molecule has 1 aromatic carbocycles. The zero-order chi connectivity index (χ0) is 14.4. The number of halogens is 1. The maximum Gasteiger partial charge on any atom is 0.119 e. The summed E-state index contributed by atoms with van der Waals surface area (Å²) in [7, 11) is 0. The molecular formula is C15H20BrN3O. The van der Waals surface area contributed by atoms with Gasteiger partial charge in [0, 0.05) is 23.1 Å². The average Bonchev–Trinajstić information content (AvgIpc) is 2.88. The highest BCUT2D eigenvalue weighted by atomic mass is 79.9. The van der Waals surface area contributed by atoms with Gasteiger partial charge < -0.3 is 15.0 Å². The van der Waals surface area contributed by atoms with E-state index in [1.807, 2.05) is 41.4 Å². The van der Waals surface area contributed by atoms with Crippen molar-refractivity contribution in [1.82, 2.24) is 9.55 Å². The number of ether oxygens (including phenoxy) is 1. The predicted molar refractivity (Wildman–Crippen MR) is 83.8 cm³/mol. The van der Waals surface area contributed by atoms with E-state index in [0.29, 0.717) is 6.61 Å². The summed E-state index contributed by atoms with van der Waals surface area (Å²) in [6.07, 6.45) is 5.68. The molecule has 0 radical (unpaired) electrons. The van der Waals surface area contributed by atoms with Crippen molar-refractivity contribution >= 4 is 15.9 Å². The van der Waals surface area contributed by atoms with Crippen molar-refractivity contribution in [3.05, 3.63) is 47.0 Å². The molecule has 0 bridgehead atoms. The SMILES string of the molecule is CCC(N)Cc1cn(CCOc2ccc(Br)cc2)cn1. The molecule has 2 N–H and O–H groups in total. The van der Waals surface area contributed by atoms with Crippen LogP contribution in [0.4, 0.5) is 0 Å². The lowest BCUT2D eigenvalue weighted by atomic mass is 10.1. The number of hydrogen-bond acceptors (Lipinski definition) is 3. The van der Waals surface area contributed by atoms with Gasteiger partial charge in [-0.15, -0.1) is 0 Å². The van der Waals surface area contributed by atoms with Crippen LogP contribution in [-0.2, 0) is 13.0 Å². The van der Waals surface area contributed by atoms with Gasteiger partial charge in [0.2, 0.25) is 0 Å². The molecule has 1 aromatic heterocycles. The van der Waals surface area contributed by atoms with Crippen molar-refractivity contribution < 1.29 is 4.74 Å². The first-order chi connectivity index (χ1) is 9.67. The minimum absolute atomic E-state index is 0.192. The molecule has 1 heterocycles. The van der Waals surface area contributed by atoms with Gasteiger partial charge in [0.05, 0.1) is 18.6 Å². The number of rotatable bonds is 7. The van der Waals surface area contributed by atoms with E-state index in [1.165, 1.54) is 0 Å². The van der Waals surface area contributed by atoms with Gasteiger partial charge in [0.25, 0.3) is 0 Å². The molecule has 2 rings (SSSR count). The van der Waals surface area contributed by atoms with Crippen LogP contribution in [-0.4, -0.2) is 22.2 Å². The number of benzene rings is 1. The molecule has 0 spiro atoms. The Morgan fingerprint density at radius 2 is 2.10 bits per heavy atom. The van der Waals surface area contributed by atoms with E-state index >= 15 is 0 Å². The Kier molecular flexibility index (Phi) is 5.61. The fourth-order valence-corrected chi connectivity index (χ4v) is 2.11. The molecule has 0 saturated carbocycles. The Labute approximate surface area is 128 Å². The van der Waals surface area contributed by atoms with Crippen LogP contribution < -0.4 is 10.5 Å². The largest absolute Gasteiger partial charge is 0.492 e. The first kappa shape index (κ1) is 15.1. The summed E-state index contributed by atoms with van der Waals surface area (Å²) in [5, 5.41) is 0. The standard InChI is InChI=1S/C15H20BrN3O/c1-2-13(17)9-14-10-19(11-18-14)7-8-20-15-5-3-12(16)4-6-15/h3-6,10-11,13H,2,7-9,17H2,1H3. The topological polar surface area (TPSA) is 53.1 Å². The van der Waals surface area contributed by atoms with Crippen LogP contribution in [0.15, 0.2) is 41.3 Å². The molecule has 0 saturated heterocycles. The van der Waals surface area contributed by atoms with E-state index in [2.05, 4.69) is 27.8 Å². The number of nitrogens with zero attached hydrogens (tertiary/aromatic N) is 2. The third kappa shape index (κ3) is 4.65. The Morgan fingerprint density at radius 1 is 1.35 bits per heavy atom. The maximum atomic E-state index is 5.92. The molecule has 0 aliphatic carbocycles. The molecule has 1 atom stereocenters. The van der Waals surface area contributed by atoms with Crippen LogP contribution in [0, 0.1) is 0 Å². The molecule has 2 aromatic rings. The minimum atomic E-state index is 0.192. The van der Waals surface area contributed by atoms with Crippen LogP contribution in [0.3, 0.4) is 0 Å². The van der Waals surface area contributed by atoms with E-state index in [1.54, 1.807) is 0 Å². The van der Waals surface area contributed by atoms with Crippen LogP contribution in [0.5, 0.6) is 5.75 Å². The van der Waals surface area contributed by atoms with Crippen LogP contribution in [0.25, 0.3) is 0 Å². The molecule has 0 amide bonds. The van der Waals surface area contributed by atoms with E-state index in [0.717, 1.165) is 35.3 Å². The van der Waals surface area contributed by atoms with E-state index < -0.39 is 0 Å². The Morgan fingerprint density at radius 3 is 2.80 bits per heavy atom. The first-order valence-corrected chi connectivity index (χ1v) is 7.61. The van der Waals surface area contributed by atoms with Crippen molar-refractivity contribution in [3.8, 4) is 5.75 Å². The second kappa shape index (κ2) is 7.45. The lowest BCUT2D eigenvalue weighted by Crippen LogP contribution is -2.21. The molecule has 20 heavy (non-hydrogen) atoms. The quantitative estimate of drug-likeness (QED) is 0.844. The summed E-state index contributed by atoms with van der Waals surface area (Å²) < 4.78 is 8.77. The molecule has 0 aliphatic rings. The third-order valence-electron chi connectivity index (χ3n) is 3.11. The summed E-state index contributed by atoms with van der Waals surface area (Å²) in [5.41, 5.74) is 6.97. The molecule has 5 heteroatoms. The predicted octanol–water partition coefficient (Wildman–Crippen LogP) is 3.00. The maximum absolute atomic E-state index is 5.92. The van der Waals surface area contributed by atoms with Gasteiger partial charge in [-0.05, 0) is 30.7 Å². The van der Waals surface area contributed by atoms with Crippen molar-refractivity contribution in [3.63, 3.8) is 0 Å². The zero-order valence-corrected chi connectivity index (χ0v) is 13.2. The normalized spacial score (nSPS) is 12.3. The minimum Gasteiger partial charge on any atom is -0.492 e. The highest BCUT2D eigenvalue weighted by Crippen LogP contribution is 2.16. The van der Waals surface area contributed by atoms with E-state index in [-0.39, 0.29) is 6.04 Å². The Balaban J connectivity index is 1.78. The van der Waals surface area contributed by atoms with Crippen LogP contribution in [0.2, 0.25) is 0 Å². The second-order valence-electron chi connectivity index (χ2n) is 4.78. The van der Waals surface area contributed by atoms with Crippen LogP contribution >= 0.6 is 15.9 Å². The van der Waals surface area contributed by atoms with Crippen molar-refractivity contribution in [2.24, 2.45) is 5.73 Å². The fourth-order valence-electron chi connectivity index (χ4n) is 1.85. The fraction of sp³-hybridized carbons (Fsp3) is 0.400. The molecule has 0 fully saturated rings. The van der Waals surface area contributed by atoms with Crippen molar-refractivity contribution in [2.45, 2.75) is 32.4 Å². The Hall–Kier alpha value is -1.33. The number of nitrogens with two attached hydrogens (primary N) is 1. The second-order valence-corrected chi connectivity index (χ2v) is 5.69. The number of aromatic nitrogens is 2. The van der Waals surface area contributed by atoms with Crippen LogP contribution in [0.1, 0.15) is 19.0 Å². The smallest absolute Gasteiger partial charge is 0.119 e. The highest BCUT2D eigenvalue weighted by molar-refractivity contribution is 9.10. The summed E-state index contributed by atoms with van der Waals surface area (Å²) in [6, 6.07) is 8.03. The van der Waals surface area contributed by atoms with Gasteiger partial charge in [-0.25, -0.2) is 4.98 Å². The third-order valence-corrected chi connectivity index (χ3v) is 3.64. The summed E-state index contributed by atoms with van der Waals surface area (Å²) in [6.45, 7) is 3.50. The van der Waals surface area contributed by atoms with Gasteiger partial charge in [0.1, 0.15) is 12.4 Å². The Bertz CT molecular complexity index is 524. The summed E-state index contributed by atoms with van der Waals surface area (Å²) >= 11 is 3.40. The van der Waals surface area contributed by atoms with Gasteiger partial charge in [-0.2, -0.15) is 0 Å². The molecule has 108 valence electrons. The highest BCUT2D eigenvalue weighted by Gasteiger charge is 2.04. The summed E-state index contributed by atoms with van der Waals surface area (Å²) in [5.74, 6) is 0.876. The summed E-state index contributed by atoms with van der Waals surface area (Å²) in [4.78, 5) is 4.36.